The van der Waals surface area contributed by atoms with E-state index < -0.39 is 5.60 Å². The molecule has 0 aliphatic carbocycles. The van der Waals surface area contributed by atoms with E-state index in [-0.39, 0.29) is 12.1 Å². The molecular formula is C19H27NO3. The molecule has 1 atom stereocenters. The smallest absolute Gasteiger partial charge is 0.410 e. The summed E-state index contributed by atoms with van der Waals surface area (Å²) in [5, 5.41) is 0. The first-order chi connectivity index (χ1) is 10.9. The number of methoxy groups -OCH3 is 1. The maximum atomic E-state index is 12.5. The van der Waals surface area contributed by atoms with Gasteiger partial charge in [-0.25, -0.2) is 4.79 Å². The van der Waals surface area contributed by atoms with Crippen molar-refractivity contribution in [1.29, 1.82) is 0 Å². The van der Waals surface area contributed by atoms with E-state index in [1.54, 1.807) is 7.11 Å². The Balaban J connectivity index is 2.14. The first kappa shape index (κ1) is 17.4. The summed E-state index contributed by atoms with van der Waals surface area (Å²) >= 11 is 0. The van der Waals surface area contributed by atoms with E-state index >= 15 is 0 Å². The third-order valence-electron chi connectivity index (χ3n) is 3.84. The molecule has 1 aliphatic rings. The number of benzene rings is 1. The van der Waals surface area contributed by atoms with Gasteiger partial charge in [0.25, 0.3) is 0 Å². The van der Waals surface area contributed by atoms with Crippen LogP contribution in [0.4, 0.5) is 4.79 Å². The summed E-state index contributed by atoms with van der Waals surface area (Å²) in [7, 11) is 1.67. The van der Waals surface area contributed by atoms with Gasteiger partial charge in [0.2, 0.25) is 0 Å². The number of rotatable bonds is 3. The minimum Gasteiger partial charge on any atom is -0.504 e. The molecule has 1 aliphatic heterocycles. The van der Waals surface area contributed by atoms with Crippen LogP contribution in [0, 0.1) is 0 Å². The zero-order valence-corrected chi connectivity index (χ0v) is 14.5. The Morgan fingerprint density at radius 3 is 2.61 bits per heavy atom. The Morgan fingerprint density at radius 2 is 2.00 bits per heavy atom. The van der Waals surface area contributed by atoms with Gasteiger partial charge in [-0.3, -0.25) is 0 Å². The number of likely N-dealkylation sites (tertiary alicyclic amines) is 1. The van der Waals surface area contributed by atoms with Crippen molar-refractivity contribution >= 4 is 6.09 Å². The van der Waals surface area contributed by atoms with E-state index in [1.165, 1.54) is 11.1 Å². The maximum Gasteiger partial charge on any atom is 0.410 e. The number of nitrogens with zero attached hydrogens (tertiary/aromatic N) is 1. The fourth-order valence-corrected chi connectivity index (χ4v) is 2.86. The average molecular weight is 317 g/mol. The van der Waals surface area contributed by atoms with E-state index in [2.05, 4.69) is 12.1 Å². The van der Waals surface area contributed by atoms with Crippen LogP contribution in [-0.2, 0) is 15.9 Å². The molecule has 0 N–H and O–H groups in total. The number of piperidine rings is 1. The van der Waals surface area contributed by atoms with Crippen LogP contribution in [0.15, 0.2) is 42.2 Å². The van der Waals surface area contributed by atoms with Gasteiger partial charge in [0.05, 0.1) is 13.4 Å². The molecule has 1 heterocycles. The summed E-state index contributed by atoms with van der Waals surface area (Å²) < 4.78 is 10.7. The predicted molar refractivity (Wildman–Crippen MR) is 91.2 cm³/mol. The molecule has 0 spiro atoms. The van der Waals surface area contributed by atoms with Crippen LogP contribution in [0.3, 0.4) is 0 Å². The van der Waals surface area contributed by atoms with E-state index in [4.69, 9.17) is 9.47 Å². The highest BCUT2D eigenvalue weighted by atomic mass is 16.6. The second-order valence-electron chi connectivity index (χ2n) is 6.98. The van der Waals surface area contributed by atoms with E-state index in [0.717, 1.165) is 19.3 Å². The zero-order valence-electron chi connectivity index (χ0n) is 14.5. The number of hydrogen-bond donors (Lipinski definition) is 0. The molecule has 2 rings (SSSR count). The van der Waals surface area contributed by atoms with Gasteiger partial charge in [-0.1, -0.05) is 30.3 Å². The first-order valence-electron chi connectivity index (χ1n) is 8.13. The molecule has 0 radical (unpaired) electrons. The minimum absolute atomic E-state index is 0.0994. The molecular weight excluding hydrogens is 290 g/mol. The number of amides is 1. The van der Waals surface area contributed by atoms with Crippen LogP contribution in [0.2, 0.25) is 0 Å². The Hall–Kier alpha value is -1.97. The third-order valence-corrected chi connectivity index (χ3v) is 3.84. The standard InChI is InChI=1S/C19H27NO3/c1-19(2,3)23-18(21)20-11-10-16(14-22-4)13-17(20)12-15-8-6-5-7-9-15/h5-9,14,17H,10-13H2,1-4H3/b16-14-. The van der Waals surface area contributed by atoms with E-state index in [9.17, 15) is 4.79 Å². The van der Waals surface area contributed by atoms with Crippen molar-refractivity contribution in [2.45, 2.75) is 51.7 Å². The molecule has 0 bridgehead atoms. The van der Waals surface area contributed by atoms with Crippen molar-refractivity contribution in [2.75, 3.05) is 13.7 Å². The van der Waals surface area contributed by atoms with Gasteiger partial charge < -0.3 is 14.4 Å². The Bertz CT molecular complexity index is 545. The molecule has 4 heteroatoms. The van der Waals surface area contributed by atoms with Crippen LogP contribution in [0.1, 0.15) is 39.2 Å². The van der Waals surface area contributed by atoms with Gasteiger partial charge >= 0.3 is 6.09 Å². The summed E-state index contributed by atoms with van der Waals surface area (Å²) in [6.07, 6.45) is 4.06. The summed E-state index contributed by atoms with van der Waals surface area (Å²) in [5.41, 5.74) is 2.00. The van der Waals surface area contributed by atoms with Crippen LogP contribution >= 0.6 is 0 Å². The quantitative estimate of drug-likeness (QED) is 0.786. The van der Waals surface area contributed by atoms with E-state index in [0.29, 0.717) is 6.54 Å². The molecule has 1 aromatic carbocycles. The SMILES string of the molecule is CO/C=C1/CCN(C(=O)OC(C)(C)C)C(Cc2ccccc2)C1. The molecule has 23 heavy (non-hydrogen) atoms. The summed E-state index contributed by atoms with van der Waals surface area (Å²) in [4.78, 5) is 14.4. The topological polar surface area (TPSA) is 38.8 Å². The van der Waals surface area contributed by atoms with Crippen LogP contribution < -0.4 is 0 Å². The van der Waals surface area contributed by atoms with Crippen molar-refractivity contribution in [3.8, 4) is 0 Å². The highest BCUT2D eigenvalue weighted by Crippen LogP contribution is 2.26. The Morgan fingerprint density at radius 1 is 1.30 bits per heavy atom. The molecule has 0 aromatic heterocycles. The predicted octanol–water partition coefficient (Wildman–Crippen LogP) is 4.16. The van der Waals surface area contributed by atoms with Gasteiger partial charge in [0.15, 0.2) is 0 Å². The summed E-state index contributed by atoms with van der Waals surface area (Å²) in [6, 6.07) is 10.4. The van der Waals surface area contributed by atoms with Crippen molar-refractivity contribution in [2.24, 2.45) is 0 Å². The number of carbonyl (C=O) groups is 1. The molecule has 1 fully saturated rings. The lowest BCUT2D eigenvalue weighted by Crippen LogP contribution is -2.47. The molecule has 1 amide bonds. The average Bonchev–Trinajstić information content (AvgIpc) is 2.47. The highest BCUT2D eigenvalue weighted by Gasteiger charge is 2.32. The number of hydrogen-bond acceptors (Lipinski definition) is 3. The van der Waals surface area contributed by atoms with Crippen molar-refractivity contribution in [1.82, 2.24) is 4.90 Å². The van der Waals surface area contributed by atoms with Gasteiger partial charge in [0, 0.05) is 12.6 Å². The van der Waals surface area contributed by atoms with Crippen LogP contribution in [0.5, 0.6) is 0 Å². The van der Waals surface area contributed by atoms with Crippen molar-refractivity contribution in [3.05, 3.63) is 47.7 Å². The first-order valence-corrected chi connectivity index (χ1v) is 8.13. The molecule has 1 unspecified atom stereocenters. The van der Waals surface area contributed by atoms with Gasteiger partial charge in [0.1, 0.15) is 5.60 Å². The fourth-order valence-electron chi connectivity index (χ4n) is 2.86. The summed E-state index contributed by atoms with van der Waals surface area (Å²) in [6.45, 7) is 6.37. The second-order valence-corrected chi connectivity index (χ2v) is 6.98. The van der Waals surface area contributed by atoms with Crippen molar-refractivity contribution in [3.63, 3.8) is 0 Å². The lowest BCUT2D eigenvalue weighted by Gasteiger charge is -2.37. The molecule has 0 saturated carbocycles. The summed E-state index contributed by atoms with van der Waals surface area (Å²) in [5.74, 6) is 0. The Kier molecular flexibility index (Phi) is 5.69. The van der Waals surface area contributed by atoms with Gasteiger partial charge in [-0.05, 0) is 51.2 Å². The van der Waals surface area contributed by atoms with E-state index in [1.807, 2.05) is 50.1 Å². The van der Waals surface area contributed by atoms with Gasteiger partial charge in [-0.2, -0.15) is 0 Å². The number of ether oxygens (including phenoxy) is 2. The normalized spacial score (nSPS) is 20.4. The maximum absolute atomic E-state index is 12.5. The third kappa shape index (κ3) is 5.31. The fraction of sp³-hybridized carbons (Fsp3) is 0.526. The molecule has 4 nitrogen and oxygen atoms in total. The van der Waals surface area contributed by atoms with Gasteiger partial charge in [-0.15, -0.1) is 0 Å². The number of carbonyl (C=O) groups excluding carboxylic acids is 1. The molecule has 126 valence electrons. The lowest BCUT2D eigenvalue weighted by molar-refractivity contribution is 0.0131. The lowest BCUT2D eigenvalue weighted by atomic mass is 9.93. The van der Waals surface area contributed by atoms with Crippen LogP contribution in [0.25, 0.3) is 0 Å². The monoisotopic (exact) mass is 317 g/mol. The minimum atomic E-state index is -0.475. The van der Waals surface area contributed by atoms with Crippen LogP contribution in [-0.4, -0.2) is 36.3 Å². The zero-order chi connectivity index (χ0) is 16.9. The Labute approximate surface area is 139 Å². The molecule has 1 aromatic rings. The second kappa shape index (κ2) is 7.53. The largest absolute Gasteiger partial charge is 0.504 e. The highest BCUT2D eigenvalue weighted by molar-refractivity contribution is 5.69. The molecule has 1 saturated heterocycles. The van der Waals surface area contributed by atoms with Crippen molar-refractivity contribution < 1.29 is 14.3 Å².